The standard InChI is InChI=1S/C31H23F3N8O2/c1-19-12-14-21(15-13-19)26-23(16-42(39-26)22-10-6-3-7-11-22)29(44)24-17-41(40-36-24)18-25(43)35-28-27(20-8-4-2-5-9-20)37-38-30(28)31(32,33)34/h2-17H,18H2,1H3,(H,35,43)(H,37,38). The number of H-pyrrole nitrogens is 1. The molecule has 0 bridgehead atoms. The van der Waals surface area contributed by atoms with Crippen molar-refractivity contribution in [3.05, 3.63) is 120 Å². The number of benzene rings is 3. The molecule has 13 heteroatoms. The van der Waals surface area contributed by atoms with E-state index in [9.17, 15) is 22.8 Å². The second-order valence-electron chi connectivity index (χ2n) is 9.90. The molecule has 3 heterocycles. The Labute approximate surface area is 248 Å². The Morgan fingerprint density at radius 1 is 0.864 bits per heavy atom. The SMILES string of the molecule is Cc1ccc(-c2nn(-c3ccccc3)cc2C(=O)c2cn(CC(=O)Nc3c(-c4ccccc4)n[nH]c3C(F)(F)F)nn2)cc1. The lowest BCUT2D eigenvalue weighted by molar-refractivity contribution is -0.140. The van der Waals surface area contributed by atoms with Crippen LogP contribution in [-0.4, -0.2) is 46.7 Å². The summed E-state index contributed by atoms with van der Waals surface area (Å²) in [7, 11) is 0. The van der Waals surface area contributed by atoms with Crippen LogP contribution in [-0.2, 0) is 17.5 Å². The number of hydrogen-bond acceptors (Lipinski definition) is 6. The number of aromatic nitrogens is 7. The van der Waals surface area contributed by atoms with Crippen LogP contribution in [0.15, 0.2) is 97.3 Å². The van der Waals surface area contributed by atoms with Gasteiger partial charge in [-0.3, -0.25) is 14.7 Å². The van der Waals surface area contributed by atoms with E-state index in [2.05, 4.69) is 25.8 Å². The van der Waals surface area contributed by atoms with Crippen LogP contribution in [0.1, 0.15) is 27.3 Å². The Balaban J connectivity index is 1.26. The van der Waals surface area contributed by atoms with E-state index in [0.717, 1.165) is 21.5 Å². The number of carbonyl (C=O) groups is 2. The first-order valence-corrected chi connectivity index (χ1v) is 13.3. The molecule has 1 amide bonds. The van der Waals surface area contributed by atoms with Gasteiger partial charge >= 0.3 is 6.18 Å². The summed E-state index contributed by atoms with van der Waals surface area (Å²) in [5.74, 6) is -1.31. The van der Waals surface area contributed by atoms with Crippen molar-refractivity contribution in [3.8, 4) is 28.2 Å². The van der Waals surface area contributed by atoms with Gasteiger partial charge in [-0.15, -0.1) is 5.10 Å². The van der Waals surface area contributed by atoms with Crippen molar-refractivity contribution >= 4 is 17.4 Å². The number of rotatable bonds is 8. The van der Waals surface area contributed by atoms with Crippen molar-refractivity contribution in [1.29, 1.82) is 0 Å². The van der Waals surface area contributed by atoms with E-state index in [1.54, 1.807) is 41.2 Å². The number of anilines is 1. The molecular weight excluding hydrogens is 573 g/mol. The van der Waals surface area contributed by atoms with Gasteiger partial charge < -0.3 is 5.32 Å². The average Bonchev–Trinajstić information content (AvgIpc) is 3.77. The number of para-hydroxylation sites is 1. The molecule has 0 spiro atoms. The maximum Gasteiger partial charge on any atom is 0.434 e. The zero-order valence-corrected chi connectivity index (χ0v) is 23.1. The van der Waals surface area contributed by atoms with Gasteiger partial charge in [0.15, 0.2) is 11.4 Å². The Bertz CT molecular complexity index is 1940. The molecule has 6 rings (SSSR count). The minimum absolute atomic E-state index is 0.0666. The van der Waals surface area contributed by atoms with Crippen LogP contribution in [0.25, 0.3) is 28.2 Å². The van der Waals surface area contributed by atoms with E-state index in [4.69, 9.17) is 0 Å². The third kappa shape index (κ3) is 5.75. The zero-order chi connectivity index (χ0) is 30.8. The number of amides is 1. The lowest BCUT2D eigenvalue weighted by Gasteiger charge is -2.10. The third-order valence-electron chi connectivity index (χ3n) is 6.74. The number of nitrogens with zero attached hydrogens (tertiary/aromatic N) is 6. The highest BCUT2D eigenvalue weighted by atomic mass is 19.4. The molecule has 0 atom stereocenters. The minimum Gasteiger partial charge on any atom is -0.321 e. The molecule has 0 fully saturated rings. The summed E-state index contributed by atoms with van der Waals surface area (Å²) in [5, 5.41) is 20.5. The second kappa shape index (κ2) is 11.4. The molecule has 0 aliphatic heterocycles. The highest BCUT2D eigenvalue weighted by Gasteiger charge is 2.38. The summed E-state index contributed by atoms with van der Waals surface area (Å²) in [6, 6.07) is 25.0. The zero-order valence-electron chi connectivity index (χ0n) is 23.1. The highest BCUT2D eigenvalue weighted by Crippen LogP contribution is 2.38. The van der Waals surface area contributed by atoms with Crippen molar-refractivity contribution < 1.29 is 22.8 Å². The predicted octanol–water partition coefficient (Wildman–Crippen LogP) is 5.72. The summed E-state index contributed by atoms with van der Waals surface area (Å²) in [6.45, 7) is 1.44. The summed E-state index contributed by atoms with van der Waals surface area (Å²) in [5.41, 5.74) is 1.72. The van der Waals surface area contributed by atoms with Crippen molar-refractivity contribution in [1.82, 2.24) is 35.0 Å². The van der Waals surface area contributed by atoms with Crippen molar-refractivity contribution in [2.75, 3.05) is 5.32 Å². The van der Waals surface area contributed by atoms with Crippen LogP contribution in [0.2, 0.25) is 0 Å². The molecule has 0 radical (unpaired) electrons. The summed E-state index contributed by atoms with van der Waals surface area (Å²) < 4.78 is 43.8. The van der Waals surface area contributed by atoms with E-state index in [1.807, 2.05) is 66.6 Å². The topological polar surface area (TPSA) is 123 Å². The summed E-state index contributed by atoms with van der Waals surface area (Å²) >= 11 is 0. The number of aromatic amines is 1. The maximum absolute atomic E-state index is 13.7. The van der Waals surface area contributed by atoms with Crippen LogP contribution >= 0.6 is 0 Å². The molecule has 0 saturated carbocycles. The van der Waals surface area contributed by atoms with Gasteiger partial charge in [0, 0.05) is 17.3 Å². The van der Waals surface area contributed by atoms with Crippen LogP contribution in [0.5, 0.6) is 0 Å². The first-order chi connectivity index (χ1) is 21.2. The van der Waals surface area contributed by atoms with E-state index in [1.165, 1.54) is 6.20 Å². The number of carbonyl (C=O) groups excluding carboxylic acids is 2. The van der Waals surface area contributed by atoms with Gasteiger partial charge in [0.1, 0.15) is 17.9 Å². The van der Waals surface area contributed by atoms with Gasteiger partial charge in [-0.2, -0.15) is 23.4 Å². The number of ketones is 1. The lowest BCUT2D eigenvalue weighted by Crippen LogP contribution is -2.21. The predicted molar refractivity (Wildman–Crippen MR) is 155 cm³/mol. The Morgan fingerprint density at radius 3 is 2.20 bits per heavy atom. The van der Waals surface area contributed by atoms with Crippen LogP contribution < -0.4 is 5.32 Å². The molecule has 2 N–H and O–H groups in total. The number of nitrogens with one attached hydrogen (secondary N) is 2. The number of halogens is 3. The minimum atomic E-state index is -4.80. The average molecular weight is 597 g/mol. The summed E-state index contributed by atoms with van der Waals surface area (Å²) in [6.07, 6.45) is -1.94. The van der Waals surface area contributed by atoms with Crippen LogP contribution in [0, 0.1) is 6.92 Å². The molecule has 220 valence electrons. The van der Waals surface area contributed by atoms with E-state index >= 15 is 0 Å². The molecule has 0 unspecified atom stereocenters. The summed E-state index contributed by atoms with van der Waals surface area (Å²) in [4.78, 5) is 26.6. The molecule has 10 nitrogen and oxygen atoms in total. The highest BCUT2D eigenvalue weighted by molar-refractivity contribution is 6.11. The fourth-order valence-electron chi connectivity index (χ4n) is 4.60. The fourth-order valence-corrected chi connectivity index (χ4v) is 4.60. The monoisotopic (exact) mass is 596 g/mol. The molecular formula is C31H23F3N8O2. The fraction of sp³-hybridized carbons (Fsp3) is 0.0968. The number of aryl methyl sites for hydroxylation is 1. The maximum atomic E-state index is 13.7. The number of alkyl halides is 3. The van der Waals surface area contributed by atoms with E-state index in [0.29, 0.717) is 11.3 Å². The van der Waals surface area contributed by atoms with Crippen molar-refractivity contribution in [2.24, 2.45) is 0 Å². The van der Waals surface area contributed by atoms with Crippen molar-refractivity contribution in [3.63, 3.8) is 0 Å². The Morgan fingerprint density at radius 2 is 1.52 bits per heavy atom. The Hall–Kier alpha value is -5.85. The van der Waals surface area contributed by atoms with E-state index in [-0.39, 0.29) is 17.0 Å². The van der Waals surface area contributed by atoms with Gasteiger partial charge in [0.05, 0.1) is 23.1 Å². The number of hydrogen-bond donors (Lipinski definition) is 2. The Kier molecular flexibility index (Phi) is 7.35. The molecule has 0 aliphatic carbocycles. The van der Waals surface area contributed by atoms with Gasteiger partial charge in [0.2, 0.25) is 11.7 Å². The normalized spacial score (nSPS) is 11.5. The molecule has 0 saturated heterocycles. The van der Waals surface area contributed by atoms with Crippen LogP contribution in [0.4, 0.5) is 18.9 Å². The lowest BCUT2D eigenvalue weighted by atomic mass is 10.0. The molecule has 6 aromatic rings. The molecule has 3 aromatic heterocycles. The first-order valence-electron chi connectivity index (χ1n) is 13.3. The van der Waals surface area contributed by atoms with Crippen molar-refractivity contribution in [2.45, 2.75) is 19.6 Å². The second-order valence-corrected chi connectivity index (χ2v) is 9.90. The largest absolute Gasteiger partial charge is 0.434 e. The van der Waals surface area contributed by atoms with Gasteiger partial charge in [-0.05, 0) is 19.1 Å². The molecule has 44 heavy (non-hydrogen) atoms. The third-order valence-corrected chi connectivity index (χ3v) is 6.74. The van der Waals surface area contributed by atoms with Crippen LogP contribution in [0.3, 0.4) is 0 Å². The quantitative estimate of drug-likeness (QED) is 0.217. The van der Waals surface area contributed by atoms with Gasteiger partial charge in [0.25, 0.3) is 0 Å². The van der Waals surface area contributed by atoms with E-state index < -0.39 is 35.8 Å². The molecule has 3 aromatic carbocycles. The van der Waals surface area contributed by atoms with Gasteiger partial charge in [-0.25, -0.2) is 9.36 Å². The smallest absolute Gasteiger partial charge is 0.321 e. The first kappa shape index (κ1) is 28.3. The van der Waals surface area contributed by atoms with Gasteiger partial charge in [-0.1, -0.05) is 83.6 Å². The molecule has 0 aliphatic rings.